The van der Waals surface area contributed by atoms with Crippen LogP contribution in [0.2, 0.25) is 0 Å². The molecule has 0 amide bonds. The largest absolute Gasteiger partial charge is 0.0654 e. The first-order chi connectivity index (χ1) is 15.5. The molecule has 0 aliphatic heterocycles. The highest BCUT2D eigenvalue weighted by Gasteiger charge is 2.43. The molecule has 33 heavy (non-hydrogen) atoms. The van der Waals surface area contributed by atoms with Gasteiger partial charge in [0.15, 0.2) is 0 Å². The molecule has 0 atom stereocenters. The summed E-state index contributed by atoms with van der Waals surface area (Å²) >= 11 is 0. The maximum atomic E-state index is 2.60. The number of rotatable bonds is 10. The summed E-state index contributed by atoms with van der Waals surface area (Å²) in [7, 11) is 0. The minimum absolute atomic E-state index is 0.175. The minimum atomic E-state index is 0.175. The van der Waals surface area contributed by atoms with Crippen molar-refractivity contribution in [1.29, 1.82) is 0 Å². The molecule has 1 aliphatic rings. The van der Waals surface area contributed by atoms with Crippen molar-refractivity contribution in [2.75, 3.05) is 0 Å². The van der Waals surface area contributed by atoms with Gasteiger partial charge >= 0.3 is 0 Å². The average Bonchev–Trinajstić information content (AvgIpc) is 3.02. The standard InChI is InChI=1S/C33H50/c1-9-11-13-15-21-33(22-16-14-12-10-2)29-23-25(31(3,4)5)17-19-27(29)28-20-18-26(24-30(28)33)32(6,7)8/h17-20,23-24H,9-16,21-22H2,1-8H3. The number of hydrogen-bond donors (Lipinski definition) is 0. The van der Waals surface area contributed by atoms with E-state index >= 15 is 0 Å². The SMILES string of the molecule is CCCCCCC1(CCCCCC)c2cc(C(C)(C)C)ccc2-c2ccc(C(C)(C)C)cc21. The van der Waals surface area contributed by atoms with Gasteiger partial charge in [0.2, 0.25) is 0 Å². The third-order valence-electron chi connectivity index (χ3n) is 8.01. The van der Waals surface area contributed by atoms with E-state index in [2.05, 4.69) is 91.8 Å². The smallest absolute Gasteiger partial charge is 0.0215 e. The molecule has 0 saturated carbocycles. The van der Waals surface area contributed by atoms with E-state index in [1.807, 2.05) is 0 Å². The fourth-order valence-corrected chi connectivity index (χ4v) is 5.80. The van der Waals surface area contributed by atoms with Crippen molar-refractivity contribution in [2.45, 2.75) is 136 Å². The molecule has 182 valence electrons. The molecule has 0 unspecified atom stereocenters. The average molecular weight is 447 g/mol. The van der Waals surface area contributed by atoms with Crippen LogP contribution in [-0.4, -0.2) is 0 Å². The van der Waals surface area contributed by atoms with Gasteiger partial charge in [-0.25, -0.2) is 0 Å². The molecule has 2 aromatic carbocycles. The van der Waals surface area contributed by atoms with Gasteiger partial charge in [-0.2, -0.15) is 0 Å². The van der Waals surface area contributed by atoms with Gasteiger partial charge in [0.05, 0.1) is 0 Å². The lowest BCUT2D eigenvalue weighted by Crippen LogP contribution is -2.27. The summed E-state index contributed by atoms with van der Waals surface area (Å²) in [5.41, 5.74) is 9.76. The van der Waals surface area contributed by atoms with Crippen LogP contribution in [0.1, 0.15) is 142 Å². The molecule has 0 saturated heterocycles. The predicted molar refractivity (Wildman–Crippen MR) is 148 cm³/mol. The lowest BCUT2D eigenvalue weighted by molar-refractivity contribution is 0.399. The van der Waals surface area contributed by atoms with E-state index in [9.17, 15) is 0 Å². The Kier molecular flexibility index (Phi) is 8.19. The highest BCUT2D eigenvalue weighted by atomic mass is 14.5. The normalized spacial score (nSPS) is 14.9. The molecule has 0 nitrogen and oxygen atoms in total. The first kappa shape index (κ1) is 26.1. The predicted octanol–water partition coefficient (Wildman–Crippen LogP) is 10.5. The van der Waals surface area contributed by atoms with E-state index in [0.717, 1.165) is 0 Å². The third kappa shape index (κ3) is 5.58. The molecule has 0 N–H and O–H groups in total. The Balaban J connectivity index is 2.18. The number of unbranched alkanes of at least 4 members (excludes halogenated alkanes) is 6. The highest BCUT2D eigenvalue weighted by Crippen LogP contribution is 2.55. The Hall–Kier alpha value is -1.56. The van der Waals surface area contributed by atoms with E-state index in [1.165, 1.54) is 86.5 Å². The van der Waals surface area contributed by atoms with Crippen molar-refractivity contribution in [1.82, 2.24) is 0 Å². The molecular weight excluding hydrogens is 396 g/mol. The Morgan fingerprint density at radius 3 is 1.27 bits per heavy atom. The zero-order chi connectivity index (χ0) is 24.3. The van der Waals surface area contributed by atoms with Crippen molar-refractivity contribution >= 4 is 0 Å². The highest BCUT2D eigenvalue weighted by molar-refractivity contribution is 5.82. The summed E-state index contributed by atoms with van der Waals surface area (Å²) in [5, 5.41) is 0. The minimum Gasteiger partial charge on any atom is -0.0654 e. The van der Waals surface area contributed by atoms with Crippen LogP contribution in [0.5, 0.6) is 0 Å². The van der Waals surface area contributed by atoms with Gasteiger partial charge in [-0.1, -0.05) is 143 Å². The number of hydrogen-bond acceptors (Lipinski definition) is 0. The van der Waals surface area contributed by atoms with Gasteiger partial charge in [0, 0.05) is 5.41 Å². The molecule has 0 heterocycles. The first-order valence-corrected chi connectivity index (χ1v) is 13.8. The van der Waals surface area contributed by atoms with Crippen LogP contribution in [0.3, 0.4) is 0 Å². The molecular formula is C33H50. The molecule has 0 bridgehead atoms. The van der Waals surface area contributed by atoms with Gasteiger partial charge in [0.25, 0.3) is 0 Å². The van der Waals surface area contributed by atoms with Crippen molar-refractivity contribution < 1.29 is 0 Å². The van der Waals surface area contributed by atoms with Crippen molar-refractivity contribution in [3.8, 4) is 11.1 Å². The van der Waals surface area contributed by atoms with E-state index in [-0.39, 0.29) is 16.2 Å². The van der Waals surface area contributed by atoms with Crippen LogP contribution in [0.4, 0.5) is 0 Å². The fourth-order valence-electron chi connectivity index (χ4n) is 5.80. The topological polar surface area (TPSA) is 0 Å². The van der Waals surface area contributed by atoms with Crippen LogP contribution in [0.25, 0.3) is 11.1 Å². The summed E-state index contributed by atoms with van der Waals surface area (Å²) in [6, 6.07) is 14.9. The quantitative estimate of drug-likeness (QED) is 0.318. The lowest BCUT2D eigenvalue weighted by atomic mass is 9.69. The second kappa shape index (κ2) is 10.4. The molecule has 3 rings (SSSR count). The molecule has 0 radical (unpaired) electrons. The Morgan fingerprint density at radius 1 is 0.545 bits per heavy atom. The molecule has 0 fully saturated rings. The van der Waals surface area contributed by atoms with E-state index in [0.29, 0.717) is 0 Å². The van der Waals surface area contributed by atoms with Gasteiger partial charge in [0.1, 0.15) is 0 Å². The third-order valence-corrected chi connectivity index (χ3v) is 8.01. The maximum Gasteiger partial charge on any atom is 0.0215 e. The maximum absolute atomic E-state index is 2.60. The van der Waals surface area contributed by atoms with E-state index in [4.69, 9.17) is 0 Å². The van der Waals surface area contributed by atoms with Gasteiger partial charge < -0.3 is 0 Å². The molecule has 0 heteroatoms. The van der Waals surface area contributed by atoms with Crippen LogP contribution < -0.4 is 0 Å². The molecule has 2 aromatic rings. The Bertz CT molecular complexity index is 839. The van der Waals surface area contributed by atoms with Crippen LogP contribution in [0, 0.1) is 0 Å². The fraction of sp³-hybridized carbons (Fsp3) is 0.636. The van der Waals surface area contributed by atoms with Crippen molar-refractivity contribution in [2.24, 2.45) is 0 Å². The molecule has 0 aromatic heterocycles. The summed E-state index contributed by atoms with van der Waals surface area (Å²) in [6.07, 6.45) is 13.3. The molecule has 0 spiro atoms. The van der Waals surface area contributed by atoms with E-state index < -0.39 is 0 Å². The summed E-state index contributed by atoms with van der Waals surface area (Å²) in [5.74, 6) is 0. The second-order valence-corrected chi connectivity index (χ2v) is 12.7. The van der Waals surface area contributed by atoms with Crippen molar-refractivity contribution in [3.63, 3.8) is 0 Å². The summed E-state index contributed by atoms with van der Waals surface area (Å²) < 4.78 is 0. The van der Waals surface area contributed by atoms with Crippen LogP contribution >= 0.6 is 0 Å². The number of fused-ring (bicyclic) bond motifs is 3. The monoisotopic (exact) mass is 446 g/mol. The zero-order valence-electron chi connectivity index (χ0n) is 23.0. The summed E-state index contributed by atoms with van der Waals surface area (Å²) in [4.78, 5) is 0. The van der Waals surface area contributed by atoms with Gasteiger partial charge in [-0.15, -0.1) is 0 Å². The first-order valence-electron chi connectivity index (χ1n) is 13.8. The molecule has 1 aliphatic carbocycles. The van der Waals surface area contributed by atoms with Gasteiger partial charge in [-0.05, 0) is 57.1 Å². The summed E-state index contributed by atoms with van der Waals surface area (Å²) in [6.45, 7) is 18.8. The van der Waals surface area contributed by atoms with Crippen LogP contribution in [-0.2, 0) is 16.2 Å². The van der Waals surface area contributed by atoms with Gasteiger partial charge in [-0.3, -0.25) is 0 Å². The number of benzene rings is 2. The zero-order valence-corrected chi connectivity index (χ0v) is 23.0. The van der Waals surface area contributed by atoms with Crippen LogP contribution in [0.15, 0.2) is 36.4 Å². The van der Waals surface area contributed by atoms with E-state index in [1.54, 1.807) is 11.1 Å². The Morgan fingerprint density at radius 2 is 0.939 bits per heavy atom. The second-order valence-electron chi connectivity index (χ2n) is 12.7. The Labute approximate surface area is 205 Å². The lowest BCUT2D eigenvalue weighted by Gasteiger charge is -2.35. The van der Waals surface area contributed by atoms with Crippen molar-refractivity contribution in [3.05, 3.63) is 58.7 Å².